The summed E-state index contributed by atoms with van der Waals surface area (Å²) in [4.78, 5) is 35.1. The van der Waals surface area contributed by atoms with E-state index in [9.17, 15) is 14.4 Å². The van der Waals surface area contributed by atoms with Crippen LogP contribution in [0.25, 0.3) is 0 Å². The molecule has 0 aliphatic carbocycles. The van der Waals surface area contributed by atoms with E-state index in [1.807, 2.05) is 6.92 Å². The summed E-state index contributed by atoms with van der Waals surface area (Å²) >= 11 is 0. The number of ether oxygens (including phenoxy) is 1. The maximum Gasteiger partial charge on any atom is 0.174 e. The molecule has 0 fully saturated rings. The van der Waals surface area contributed by atoms with E-state index in [1.165, 1.54) is 6.92 Å². The summed E-state index contributed by atoms with van der Waals surface area (Å²) < 4.78 is 5.89. The molecule has 0 radical (unpaired) electrons. The van der Waals surface area contributed by atoms with Crippen LogP contribution < -0.4 is 16.0 Å². The molecule has 0 spiro atoms. The number of aliphatic hydroxyl groups is 1. The van der Waals surface area contributed by atoms with Crippen molar-refractivity contribution in [2.45, 2.75) is 91.1 Å². The quantitative estimate of drug-likeness (QED) is 0.271. The van der Waals surface area contributed by atoms with Gasteiger partial charge in [0.15, 0.2) is 17.3 Å². The monoisotopic (exact) mass is 415 g/mol. The van der Waals surface area contributed by atoms with Gasteiger partial charge in [-0.15, -0.1) is 0 Å². The van der Waals surface area contributed by atoms with Crippen LogP contribution in [0.5, 0.6) is 0 Å². The molecule has 170 valence electrons. The first-order valence-corrected chi connectivity index (χ1v) is 10.3. The van der Waals surface area contributed by atoms with Gasteiger partial charge in [0.05, 0.1) is 24.7 Å². The highest BCUT2D eigenvalue weighted by atomic mass is 16.5. The van der Waals surface area contributed by atoms with E-state index in [-0.39, 0.29) is 41.6 Å². The fraction of sp³-hybridized carbons (Fsp3) is 0.857. The Morgan fingerprint density at radius 3 is 2.00 bits per heavy atom. The third-order valence-corrected chi connectivity index (χ3v) is 5.02. The Kier molecular flexibility index (Phi) is 12.0. The van der Waals surface area contributed by atoms with Gasteiger partial charge in [-0.25, -0.2) is 0 Å². The van der Waals surface area contributed by atoms with Crippen molar-refractivity contribution >= 4 is 17.3 Å². The van der Waals surface area contributed by atoms with Crippen LogP contribution in [0, 0.1) is 0 Å². The molecule has 0 aliphatic heterocycles. The molecule has 4 N–H and O–H groups in total. The van der Waals surface area contributed by atoms with Gasteiger partial charge in [-0.1, -0.05) is 0 Å². The van der Waals surface area contributed by atoms with Gasteiger partial charge in [-0.05, 0) is 61.8 Å². The van der Waals surface area contributed by atoms with Crippen LogP contribution in [0.3, 0.4) is 0 Å². The zero-order valence-electron chi connectivity index (χ0n) is 19.3. The van der Waals surface area contributed by atoms with E-state index in [0.29, 0.717) is 13.1 Å². The molecule has 0 aliphatic rings. The third kappa shape index (κ3) is 11.5. The molecule has 3 unspecified atom stereocenters. The minimum Gasteiger partial charge on any atom is -0.389 e. The van der Waals surface area contributed by atoms with Crippen LogP contribution in [0.2, 0.25) is 0 Å². The normalized spacial score (nSPS) is 15.6. The number of hydrogen-bond donors (Lipinski definition) is 4. The smallest absolute Gasteiger partial charge is 0.174 e. The van der Waals surface area contributed by atoms with E-state index >= 15 is 0 Å². The zero-order chi connectivity index (χ0) is 22.8. The van der Waals surface area contributed by atoms with Crippen molar-refractivity contribution in [1.82, 2.24) is 16.0 Å². The molecule has 29 heavy (non-hydrogen) atoms. The molecule has 0 saturated carbocycles. The lowest BCUT2D eigenvalue weighted by Gasteiger charge is -2.33. The van der Waals surface area contributed by atoms with Gasteiger partial charge < -0.3 is 25.8 Å². The van der Waals surface area contributed by atoms with Gasteiger partial charge in [0.25, 0.3) is 0 Å². The number of hydrogen-bond acceptors (Lipinski definition) is 8. The van der Waals surface area contributed by atoms with Gasteiger partial charge in [-0.3, -0.25) is 14.4 Å². The van der Waals surface area contributed by atoms with E-state index in [2.05, 4.69) is 29.8 Å². The second-order valence-electron chi connectivity index (χ2n) is 8.88. The summed E-state index contributed by atoms with van der Waals surface area (Å²) in [7, 11) is 0. The van der Waals surface area contributed by atoms with Crippen molar-refractivity contribution in [3.8, 4) is 0 Å². The van der Waals surface area contributed by atoms with Crippen molar-refractivity contribution in [2.24, 2.45) is 0 Å². The maximum absolute atomic E-state index is 12.1. The number of nitrogens with one attached hydrogen (secondary N) is 3. The number of aliphatic hydroxyl groups excluding tert-OH is 1. The van der Waals surface area contributed by atoms with Crippen LogP contribution >= 0.6 is 0 Å². The predicted octanol–water partition coefficient (Wildman–Crippen LogP) is 0.604. The standard InChI is InChI=1S/C21H41N3O5/c1-14(29-21(7,8)17(4)26)11-20(5,6)24-10-9-22-15(2)18(27)12-23-16(3)19(28)13-25/h14-16,22-25H,9-13H2,1-8H3. The van der Waals surface area contributed by atoms with Gasteiger partial charge in [0.1, 0.15) is 12.2 Å². The largest absolute Gasteiger partial charge is 0.389 e. The van der Waals surface area contributed by atoms with E-state index in [0.717, 1.165) is 6.42 Å². The first-order valence-electron chi connectivity index (χ1n) is 10.3. The van der Waals surface area contributed by atoms with Crippen LogP contribution in [-0.2, 0) is 19.1 Å². The molecule has 0 aromatic rings. The Bertz CT molecular complexity index is 548. The average Bonchev–Trinajstić information content (AvgIpc) is 2.60. The fourth-order valence-electron chi connectivity index (χ4n) is 2.88. The van der Waals surface area contributed by atoms with Gasteiger partial charge in [0.2, 0.25) is 0 Å². The van der Waals surface area contributed by atoms with Gasteiger partial charge in [0, 0.05) is 18.6 Å². The van der Waals surface area contributed by atoms with Crippen LogP contribution in [0.15, 0.2) is 0 Å². The summed E-state index contributed by atoms with van der Waals surface area (Å²) in [6.45, 7) is 15.4. The molecule has 0 heterocycles. The molecule has 8 nitrogen and oxygen atoms in total. The van der Waals surface area contributed by atoms with Crippen LogP contribution in [0.1, 0.15) is 61.8 Å². The molecular formula is C21H41N3O5. The number of ketones is 3. The van der Waals surface area contributed by atoms with Crippen molar-refractivity contribution in [3.05, 3.63) is 0 Å². The molecule has 0 aromatic carbocycles. The first kappa shape index (κ1) is 27.8. The summed E-state index contributed by atoms with van der Waals surface area (Å²) in [5.41, 5.74) is -0.983. The SMILES string of the molecule is CC(=O)C(C)(C)OC(C)CC(C)(C)NCCNC(C)C(=O)CNC(C)C(=O)CO. The van der Waals surface area contributed by atoms with Crippen molar-refractivity contribution in [1.29, 1.82) is 0 Å². The van der Waals surface area contributed by atoms with E-state index in [1.54, 1.807) is 27.7 Å². The van der Waals surface area contributed by atoms with Crippen LogP contribution in [0.4, 0.5) is 0 Å². The first-order chi connectivity index (χ1) is 13.2. The highest BCUT2D eigenvalue weighted by molar-refractivity contribution is 5.88. The molecule has 0 amide bonds. The highest BCUT2D eigenvalue weighted by Gasteiger charge is 2.29. The summed E-state index contributed by atoms with van der Waals surface area (Å²) in [6, 6.07) is -0.890. The lowest BCUT2D eigenvalue weighted by molar-refractivity contribution is -0.145. The number of rotatable bonds is 16. The molecule has 0 bridgehead atoms. The van der Waals surface area contributed by atoms with Crippen molar-refractivity contribution < 1.29 is 24.2 Å². The Hall–Kier alpha value is -1.19. The minimum atomic E-state index is -0.791. The topological polar surface area (TPSA) is 117 Å². The van der Waals surface area contributed by atoms with Crippen molar-refractivity contribution in [2.75, 3.05) is 26.2 Å². The van der Waals surface area contributed by atoms with Gasteiger partial charge in [-0.2, -0.15) is 0 Å². The minimum absolute atomic E-state index is 0.00239. The second kappa shape index (κ2) is 12.5. The number of carbonyl (C=O) groups excluding carboxylic acids is 3. The van der Waals surface area contributed by atoms with Gasteiger partial charge >= 0.3 is 0 Å². The summed E-state index contributed by atoms with van der Waals surface area (Å²) in [6.07, 6.45) is 0.651. The average molecular weight is 416 g/mol. The van der Waals surface area contributed by atoms with Crippen LogP contribution in [-0.4, -0.2) is 78.0 Å². The predicted molar refractivity (Wildman–Crippen MR) is 114 cm³/mol. The Morgan fingerprint density at radius 1 is 0.931 bits per heavy atom. The van der Waals surface area contributed by atoms with E-state index in [4.69, 9.17) is 9.84 Å². The number of Topliss-reactive ketones (excluding diaryl/α,β-unsaturated/α-hetero) is 3. The molecular weight excluding hydrogens is 374 g/mol. The van der Waals surface area contributed by atoms with Crippen molar-refractivity contribution in [3.63, 3.8) is 0 Å². The third-order valence-electron chi connectivity index (χ3n) is 5.02. The lowest BCUT2D eigenvalue weighted by atomic mass is 9.96. The molecule has 0 saturated heterocycles. The fourth-order valence-corrected chi connectivity index (χ4v) is 2.88. The zero-order valence-corrected chi connectivity index (χ0v) is 19.3. The number of carbonyl (C=O) groups is 3. The molecule has 0 rings (SSSR count). The lowest BCUT2D eigenvalue weighted by Crippen LogP contribution is -2.49. The molecule has 8 heteroatoms. The maximum atomic E-state index is 12.1. The molecule has 0 aromatic heterocycles. The second-order valence-corrected chi connectivity index (χ2v) is 8.88. The van der Waals surface area contributed by atoms with E-state index < -0.39 is 18.2 Å². The Morgan fingerprint density at radius 2 is 1.48 bits per heavy atom. The molecule has 3 atom stereocenters. The Labute approximate surface area is 175 Å². The summed E-state index contributed by atoms with van der Waals surface area (Å²) in [5, 5.41) is 18.2. The summed E-state index contributed by atoms with van der Waals surface area (Å²) in [5.74, 6) is -0.382. The highest BCUT2D eigenvalue weighted by Crippen LogP contribution is 2.20. The Balaban J connectivity index is 4.22.